The molecule has 0 radical (unpaired) electrons. The van der Waals surface area contributed by atoms with Crippen molar-refractivity contribution in [3.63, 3.8) is 0 Å². The van der Waals surface area contributed by atoms with E-state index in [-0.39, 0.29) is 5.71 Å². The van der Waals surface area contributed by atoms with E-state index in [1.165, 1.54) is 19.2 Å². The number of nitrogens with zero attached hydrogens (tertiary/aromatic N) is 3. The molecule has 0 unspecified atom stereocenters. The number of carbonyl (C=O) groups is 1. The SMILES string of the molecule is COC(=O)CON=C(c1ccc(CN2CCC3(CC2)OCc2cc(F)ncc23)cc1)c1ccc(F)c(F)c1. The smallest absolute Gasteiger partial charge is 0.346 e. The van der Waals surface area contributed by atoms with E-state index in [2.05, 4.69) is 19.8 Å². The van der Waals surface area contributed by atoms with Gasteiger partial charge in [-0.3, -0.25) is 4.90 Å². The highest BCUT2D eigenvalue weighted by Gasteiger charge is 2.43. The van der Waals surface area contributed by atoms with Crippen LogP contribution in [-0.2, 0) is 37.9 Å². The van der Waals surface area contributed by atoms with Gasteiger partial charge >= 0.3 is 5.97 Å². The summed E-state index contributed by atoms with van der Waals surface area (Å²) < 4.78 is 51.6. The van der Waals surface area contributed by atoms with Crippen molar-refractivity contribution in [1.29, 1.82) is 0 Å². The summed E-state index contributed by atoms with van der Waals surface area (Å²) in [6.07, 6.45) is 3.18. The van der Waals surface area contributed by atoms with Crippen molar-refractivity contribution in [2.24, 2.45) is 5.16 Å². The first kappa shape index (κ1) is 25.9. The fourth-order valence-electron chi connectivity index (χ4n) is 4.93. The molecular weight excluding hydrogens is 499 g/mol. The van der Waals surface area contributed by atoms with Gasteiger partial charge in [-0.1, -0.05) is 29.4 Å². The Labute approximate surface area is 217 Å². The van der Waals surface area contributed by atoms with E-state index < -0.39 is 35.8 Å². The number of likely N-dealkylation sites (tertiary alicyclic amines) is 1. The summed E-state index contributed by atoms with van der Waals surface area (Å²) in [6.45, 7) is 2.31. The Morgan fingerprint density at radius 3 is 2.50 bits per heavy atom. The number of pyridine rings is 1. The zero-order chi connectivity index (χ0) is 26.7. The van der Waals surface area contributed by atoms with Crippen LogP contribution >= 0.6 is 0 Å². The lowest BCUT2D eigenvalue weighted by Gasteiger charge is -2.39. The van der Waals surface area contributed by atoms with Gasteiger partial charge in [0.1, 0.15) is 5.71 Å². The molecule has 2 aliphatic rings. The number of aromatic nitrogens is 1. The number of carbonyl (C=O) groups excluding carboxylic acids is 1. The number of methoxy groups -OCH3 is 1. The van der Waals surface area contributed by atoms with Gasteiger partial charge in [0.05, 0.1) is 19.3 Å². The molecular formula is C28H26F3N3O4. The molecule has 0 bridgehead atoms. The minimum atomic E-state index is -1.02. The average Bonchev–Trinajstić information content (AvgIpc) is 3.27. The fourth-order valence-corrected chi connectivity index (χ4v) is 4.93. The lowest BCUT2D eigenvalue weighted by atomic mass is 9.84. The molecule has 1 aromatic heterocycles. The van der Waals surface area contributed by atoms with Crippen LogP contribution in [0.1, 0.15) is 40.7 Å². The van der Waals surface area contributed by atoms with Crippen LogP contribution in [0, 0.1) is 17.6 Å². The van der Waals surface area contributed by atoms with Crippen molar-refractivity contribution in [1.82, 2.24) is 9.88 Å². The molecule has 1 saturated heterocycles. The summed E-state index contributed by atoms with van der Waals surface area (Å²) in [4.78, 5) is 22.7. The average molecular weight is 526 g/mol. The van der Waals surface area contributed by atoms with Crippen molar-refractivity contribution in [3.8, 4) is 0 Å². The van der Waals surface area contributed by atoms with Crippen LogP contribution in [0.5, 0.6) is 0 Å². The van der Waals surface area contributed by atoms with Crippen LogP contribution in [0.15, 0.2) is 59.9 Å². The normalized spacial score (nSPS) is 16.9. The summed E-state index contributed by atoms with van der Waals surface area (Å²) in [5.41, 5.74) is 3.67. The van der Waals surface area contributed by atoms with Crippen molar-refractivity contribution in [2.45, 2.75) is 31.6 Å². The van der Waals surface area contributed by atoms with Crippen LogP contribution in [0.25, 0.3) is 0 Å². The molecule has 0 aliphatic carbocycles. The molecule has 10 heteroatoms. The second-order valence-electron chi connectivity index (χ2n) is 9.34. The van der Waals surface area contributed by atoms with Crippen LogP contribution in [-0.4, -0.2) is 48.4 Å². The number of fused-ring (bicyclic) bond motifs is 2. The number of esters is 1. The van der Waals surface area contributed by atoms with E-state index in [4.69, 9.17) is 9.57 Å². The summed E-state index contributed by atoms with van der Waals surface area (Å²) >= 11 is 0. The second-order valence-corrected chi connectivity index (χ2v) is 9.34. The number of halogens is 3. The number of benzene rings is 2. The second kappa shape index (κ2) is 10.9. The van der Waals surface area contributed by atoms with E-state index in [1.54, 1.807) is 6.20 Å². The summed E-state index contributed by atoms with van der Waals surface area (Å²) in [5, 5.41) is 4.01. The minimum Gasteiger partial charge on any atom is -0.466 e. The van der Waals surface area contributed by atoms with Gasteiger partial charge in [0.15, 0.2) is 11.6 Å². The van der Waals surface area contributed by atoms with Crippen LogP contribution in [0.3, 0.4) is 0 Å². The maximum absolute atomic E-state index is 13.9. The van der Waals surface area contributed by atoms with E-state index in [9.17, 15) is 18.0 Å². The molecule has 1 fully saturated rings. The first-order chi connectivity index (χ1) is 18.4. The molecule has 2 aliphatic heterocycles. The quantitative estimate of drug-likeness (QED) is 0.196. The summed E-state index contributed by atoms with van der Waals surface area (Å²) in [7, 11) is 1.23. The third kappa shape index (κ3) is 5.41. The lowest BCUT2D eigenvalue weighted by Crippen LogP contribution is -2.42. The van der Waals surface area contributed by atoms with Gasteiger partial charge in [-0.2, -0.15) is 4.39 Å². The predicted molar refractivity (Wildman–Crippen MR) is 132 cm³/mol. The Kier molecular flexibility index (Phi) is 7.44. The maximum atomic E-state index is 13.9. The van der Waals surface area contributed by atoms with Crippen LogP contribution in [0.2, 0.25) is 0 Å². The largest absolute Gasteiger partial charge is 0.466 e. The monoisotopic (exact) mass is 525 g/mol. The van der Waals surface area contributed by atoms with Crippen molar-refractivity contribution >= 4 is 11.7 Å². The number of piperidine rings is 1. The molecule has 38 heavy (non-hydrogen) atoms. The van der Waals surface area contributed by atoms with Gasteiger partial charge in [-0.05, 0) is 48.2 Å². The minimum absolute atomic E-state index is 0.251. The molecule has 198 valence electrons. The number of hydrogen-bond acceptors (Lipinski definition) is 7. The number of rotatable bonds is 7. The van der Waals surface area contributed by atoms with E-state index in [0.29, 0.717) is 24.3 Å². The molecule has 7 nitrogen and oxygen atoms in total. The third-order valence-corrected chi connectivity index (χ3v) is 7.01. The highest BCUT2D eigenvalue weighted by molar-refractivity contribution is 6.12. The maximum Gasteiger partial charge on any atom is 0.346 e. The number of oxime groups is 1. The van der Waals surface area contributed by atoms with Gasteiger partial charge in [-0.15, -0.1) is 0 Å². The van der Waals surface area contributed by atoms with Gasteiger partial charge in [0.25, 0.3) is 0 Å². The Morgan fingerprint density at radius 1 is 1.05 bits per heavy atom. The molecule has 1 spiro atoms. The molecule has 5 rings (SSSR count). The fraction of sp³-hybridized carbons (Fsp3) is 0.321. The van der Waals surface area contributed by atoms with Crippen molar-refractivity contribution in [3.05, 3.63) is 100 Å². The highest BCUT2D eigenvalue weighted by Crippen LogP contribution is 2.44. The van der Waals surface area contributed by atoms with Crippen molar-refractivity contribution in [2.75, 3.05) is 26.8 Å². The Hall–Kier alpha value is -3.76. The molecule has 3 aromatic rings. The van der Waals surface area contributed by atoms with Gasteiger partial charge in [0, 0.05) is 42.5 Å². The standard InChI is InChI=1S/C28H26F3N3O4/c1-36-26(35)17-38-33-27(20-6-7-23(29)24(30)12-20)19-4-2-18(3-5-19)15-34-10-8-28(9-11-34)22-14-32-25(31)13-21(22)16-37-28/h2-7,12-14H,8-11,15-17H2,1H3. The molecule has 0 N–H and O–H groups in total. The first-order valence-corrected chi connectivity index (χ1v) is 12.2. The molecule has 0 saturated carbocycles. The van der Waals surface area contributed by atoms with E-state index >= 15 is 0 Å². The molecule has 0 amide bonds. The van der Waals surface area contributed by atoms with E-state index in [0.717, 1.165) is 54.8 Å². The zero-order valence-electron chi connectivity index (χ0n) is 20.8. The lowest BCUT2D eigenvalue weighted by molar-refractivity contribution is -0.145. The third-order valence-electron chi connectivity index (χ3n) is 7.01. The Balaban J connectivity index is 1.27. The summed E-state index contributed by atoms with van der Waals surface area (Å²) in [5.74, 6) is -3.10. The molecule has 2 aromatic carbocycles. The van der Waals surface area contributed by atoms with E-state index in [1.807, 2.05) is 24.3 Å². The first-order valence-electron chi connectivity index (χ1n) is 12.2. The topological polar surface area (TPSA) is 73.2 Å². The Bertz CT molecular complexity index is 1360. The van der Waals surface area contributed by atoms with Crippen LogP contribution in [0.4, 0.5) is 13.2 Å². The zero-order valence-corrected chi connectivity index (χ0v) is 20.8. The van der Waals surface area contributed by atoms with Gasteiger partial charge < -0.3 is 14.3 Å². The predicted octanol–water partition coefficient (Wildman–Crippen LogP) is 4.46. The molecule has 0 atom stereocenters. The molecule has 3 heterocycles. The number of ether oxygens (including phenoxy) is 2. The summed E-state index contributed by atoms with van der Waals surface area (Å²) in [6, 6.07) is 12.4. The van der Waals surface area contributed by atoms with Gasteiger partial charge in [0.2, 0.25) is 12.6 Å². The van der Waals surface area contributed by atoms with Crippen molar-refractivity contribution < 1.29 is 32.3 Å². The van der Waals surface area contributed by atoms with Gasteiger partial charge in [-0.25, -0.2) is 18.6 Å². The highest BCUT2D eigenvalue weighted by atomic mass is 19.2. The van der Waals surface area contributed by atoms with Crippen LogP contribution < -0.4 is 0 Å². The Morgan fingerprint density at radius 2 is 1.79 bits per heavy atom. The number of hydrogen-bond donors (Lipinski definition) is 0.